The van der Waals surface area contributed by atoms with Gasteiger partial charge in [0.2, 0.25) is 0 Å². The monoisotopic (exact) mass is 399 g/mol. The molecule has 0 bridgehead atoms. The lowest BCUT2D eigenvalue weighted by Crippen LogP contribution is -2.38. The summed E-state index contributed by atoms with van der Waals surface area (Å²) in [4.78, 5) is 17.1. The Morgan fingerprint density at radius 1 is 1.29 bits per heavy atom. The van der Waals surface area contributed by atoms with E-state index < -0.39 is 0 Å². The van der Waals surface area contributed by atoms with Crippen molar-refractivity contribution < 1.29 is 18.8 Å². The fourth-order valence-corrected chi connectivity index (χ4v) is 3.71. The van der Waals surface area contributed by atoms with E-state index in [1.165, 1.54) is 11.3 Å². The molecule has 1 aromatic carbocycles. The van der Waals surface area contributed by atoms with Crippen molar-refractivity contribution in [3.05, 3.63) is 52.7 Å². The van der Waals surface area contributed by atoms with Gasteiger partial charge in [-0.2, -0.15) is 0 Å². The van der Waals surface area contributed by atoms with E-state index in [2.05, 4.69) is 15.5 Å². The van der Waals surface area contributed by atoms with Gasteiger partial charge in [-0.1, -0.05) is 46.8 Å². The summed E-state index contributed by atoms with van der Waals surface area (Å²) in [5.74, 6) is 0.582. The highest BCUT2D eigenvalue weighted by atomic mass is 32.1. The van der Waals surface area contributed by atoms with Crippen molar-refractivity contribution >= 4 is 17.2 Å². The fraction of sp³-hybridized carbons (Fsp3) is 0.350. The summed E-state index contributed by atoms with van der Waals surface area (Å²) in [6.07, 6.45) is 3.22. The summed E-state index contributed by atoms with van der Waals surface area (Å²) < 4.78 is 16.5. The van der Waals surface area contributed by atoms with Crippen LogP contribution in [0.15, 0.2) is 41.1 Å². The molecule has 1 N–H and O–H groups in total. The van der Waals surface area contributed by atoms with Crippen LogP contribution in [0.5, 0.6) is 5.19 Å². The first-order valence-electron chi connectivity index (χ1n) is 9.18. The van der Waals surface area contributed by atoms with Crippen LogP contribution in [0.4, 0.5) is 0 Å². The Morgan fingerprint density at radius 3 is 2.86 bits per heavy atom. The molecule has 0 unspecified atom stereocenters. The van der Waals surface area contributed by atoms with E-state index in [4.69, 9.17) is 14.0 Å². The molecule has 1 saturated heterocycles. The van der Waals surface area contributed by atoms with Gasteiger partial charge in [0.25, 0.3) is 11.1 Å². The fourth-order valence-electron chi connectivity index (χ4n) is 3.05. The number of ether oxygens (including phenoxy) is 2. The number of aryl methyl sites for hydroxylation is 1. The first-order chi connectivity index (χ1) is 13.7. The molecule has 0 aliphatic carbocycles. The number of nitrogens with zero attached hydrogens (tertiary/aromatic N) is 2. The summed E-state index contributed by atoms with van der Waals surface area (Å²) >= 11 is 1.23. The Kier molecular flexibility index (Phi) is 5.68. The number of rotatable bonds is 6. The van der Waals surface area contributed by atoms with Crippen molar-refractivity contribution in [1.82, 2.24) is 15.5 Å². The smallest absolute Gasteiger partial charge is 0.274 e. The summed E-state index contributed by atoms with van der Waals surface area (Å²) in [7, 11) is 0. The van der Waals surface area contributed by atoms with Crippen LogP contribution in [0, 0.1) is 6.92 Å². The van der Waals surface area contributed by atoms with Crippen LogP contribution in [0.25, 0.3) is 11.3 Å². The van der Waals surface area contributed by atoms with Crippen LogP contribution in [-0.4, -0.2) is 35.3 Å². The van der Waals surface area contributed by atoms with E-state index in [-0.39, 0.29) is 18.6 Å². The number of amides is 1. The number of hydrogen-bond donors (Lipinski definition) is 1. The molecule has 3 aromatic rings. The van der Waals surface area contributed by atoms with Gasteiger partial charge in [0.05, 0.1) is 11.8 Å². The van der Waals surface area contributed by atoms with Crippen molar-refractivity contribution in [3.63, 3.8) is 0 Å². The van der Waals surface area contributed by atoms with Crippen LogP contribution in [0.3, 0.4) is 0 Å². The van der Waals surface area contributed by atoms with Crippen molar-refractivity contribution in [2.24, 2.45) is 0 Å². The molecule has 4 rings (SSSR count). The summed E-state index contributed by atoms with van der Waals surface area (Å²) in [5.41, 5.74) is 2.59. The van der Waals surface area contributed by atoms with Crippen LogP contribution >= 0.6 is 11.3 Å². The predicted molar refractivity (Wildman–Crippen MR) is 104 cm³/mol. The first kappa shape index (κ1) is 18.6. The Bertz CT molecular complexity index is 932. The van der Waals surface area contributed by atoms with E-state index >= 15 is 0 Å². The maximum atomic E-state index is 12.4. The number of carbonyl (C=O) groups is 1. The van der Waals surface area contributed by atoms with Crippen molar-refractivity contribution in [2.75, 3.05) is 13.2 Å². The zero-order valence-corrected chi connectivity index (χ0v) is 16.3. The second kappa shape index (κ2) is 8.53. The zero-order valence-electron chi connectivity index (χ0n) is 15.5. The predicted octanol–water partition coefficient (Wildman–Crippen LogP) is 3.59. The molecule has 0 saturated carbocycles. The quantitative estimate of drug-likeness (QED) is 0.682. The molecule has 2 aromatic heterocycles. The third-order valence-electron chi connectivity index (χ3n) is 4.64. The third kappa shape index (κ3) is 4.23. The lowest BCUT2D eigenvalue weighted by Gasteiger charge is -2.22. The van der Waals surface area contributed by atoms with Gasteiger partial charge in [-0.3, -0.25) is 4.79 Å². The molecule has 1 fully saturated rings. The van der Waals surface area contributed by atoms with E-state index in [1.807, 2.05) is 37.3 Å². The van der Waals surface area contributed by atoms with Crippen molar-refractivity contribution in [3.8, 4) is 16.5 Å². The van der Waals surface area contributed by atoms with Gasteiger partial charge in [-0.25, -0.2) is 4.98 Å². The van der Waals surface area contributed by atoms with Gasteiger partial charge in [0, 0.05) is 24.8 Å². The standard InChI is InChI=1S/C20H21N3O4S/c1-13-16(18(23-27-13)14-5-3-2-4-6-14)12-26-20-21-11-17(28-20)19(24)22-15-7-9-25-10-8-15/h2-6,11,15H,7-10,12H2,1H3,(H,22,24). The minimum Gasteiger partial charge on any atom is -0.465 e. The summed E-state index contributed by atoms with van der Waals surface area (Å²) in [5, 5.41) is 7.62. The number of aromatic nitrogens is 2. The molecule has 1 aliphatic heterocycles. The van der Waals surface area contributed by atoms with Gasteiger partial charge in [-0.15, -0.1) is 0 Å². The Morgan fingerprint density at radius 2 is 2.07 bits per heavy atom. The van der Waals surface area contributed by atoms with E-state index in [1.54, 1.807) is 6.20 Å². The second-order valence-electron chi connectivity index (χ2n) is 6.57. The number of benzene rings is 1. The van der Waals surface area contributed by atoms with Gasteiger partial charge in [-0.05, 0) is 19.8 Å². The molecule has 7 nitrogen and oxygen atoms in total. The Balaban J connectivity index is 1.40. The van der Waals surface area contributed by atoms with Crippen LogP contribution < -0.4 is 10.1 Å². The molecule has 0 spiro atoms. The third-order valence-corrected chi connectivity index (χ3v) is 5.55. The number of hydrogen-bond acceptors (Lipinski definition) is 7. The molecular formula is C20H21N3O4S. The van der Waals surface area contributed by atoms with E-state index in [0.29, 0.717) is 29.0 Å². The average Bonchev–Trinajstić information content (AvgIpc) is 3.34. The summed E-state index contributed by atoms with van der Waals surface area (Å²) in [6.45, 7) is 3.49. The highest BCUT2D eigenvalue weighted by molar-refractivity contribution is 7.15. The lowest BCUT2D eigenvalue weighted by atomic mass is 10.1. The topological polar surface area (TPSA) is 86.5 Å². The SMILES string of the molecule is Cc1onc(-c2ccccc2)c1COc1ncc(C(=O)NC2CCOCC2)s1. The highest BCUT2D eigenvalue weighted by Crippen LogP contribution is 2.28. The van der Waals surface area contributed by atoms with Crippen LogP contribution in [0.1, 0.15) is 33.8 Å². The molecule has 146 valence electrons. The molecule has 28 heavy (non-hydrogen) atoms. The maximum Gasteiger partial charge on any atom is 0.274 e. The Labute approximate surface area is 166 Å². The highest BCUT2D eigenvalue weighted by Gasteiger charge is 2.20. The van der Waals surface area contributed by atoms with E-state index in [0.717, 1.165) is 29.7 Å². The molecular weight excluding hydrogens is 378 g/mol. The zero-order chi connectivity index (χ0) is 19.3. The maximum absolute atomic E-state index is 12.4. The largest absolute Gasteiger partial charge is 0.465 e. The van der Waals surface area contributed by atoms with Gasteiger partial charge in [0.15, 0.2) is 0 Å². The first-order valence-corrected chi connectivity index (χ1v) is 10.00. The lowest BCUT2D eigenvalue weighted by molar-refractivity contribution is 0.0698. The van der Waals surface area contributed by atoms with Crippen molar-refractivity contribution in [1.29, 1.82) is 0 Å². The Hall–Kier alpha value is -2.71. The molecule has 0 radical (unpaired) electrons. The number of nitrogens with one attached hydrogen (secondary N) is 1. The molecule has 8 heteroatoms. The minimum absolute atomic E-state index is 0.120. The van der Waals surface area contributed by atoms with Gasteiger partial charge in [0.1, 0.15) is 22.9 Å². The molecule has 1 aliphatic rings. The van der Waals surface area contributed by atoms with Crippen LogP contribution in [0.2, 0.25) is 0 Å². The van der Waals surface area contributed by atoms with Gasteiger partial charge < -0.3 is 19.3 Å². The second-order valence-corrected chi connectivity index (χ2v) is 7.56. The molecule has 3 heterocycles. The normalized spacial score (nSPS) is 14.8. The van der Waals surface area contributed by atoms with Crippen LogP contribution in [-0.2, 0) is 11.3 Å². The molecule has 1 amide bonds. The summed E-state index contributed by atoms with van der Waals surface area (Å²) in [6, 6.07) is 9.96. The van der Waals surface area contributed by atoms with E-state index in [9.17, 15) is 4.79 Å². The number of carbonyl (C=O) groups excluding carboxylic acids is 1. The minimum atomic E-state index is -0.120. The van der Waals surface area contributed by atoms with Crippen molar-refractivity contribution in [2.45, 2.75) is 32.4 Å². The van der Waals surface area contributed by atoms with Gasteiger partial charge >= 0.3 is 0 Å². The number of thiazole rings is 1. The average molecular weight is 399 g/mol. The molecule has 0 atom stereocenters.